The van der Waals surface area contributed by atoms with Crippen LogP contribution in [0.5, 0.6) is 0 Å². The van der Waals surface area contributed by atoms with Crippen LogP contribution in [0.4, 0.5) is 18.9 Å². The zero-order valence-electron chi connectivity index (χ0n) is 9.52. The number of hydrogen-bond donors (Lipinski definition) is 2. The number of anilines is 1. The summed E-state index contributed by atoms with van der Waals surface area (Å²) in [6, 6.07) is 0.882. The molecule has 0 radical (unpaired) electrons. The first kappa shape index (κ1) is 13.4. The van der Waals surface area contributed by atoms with Crippen LogP contribution in [0.2, 0.25) is 5.15 Å². The Morgan fingerprint density at radius 3 is 2.50 bits per heavy atom. The molecular formula is C11H13ClF3N3. The molecule has 1 aliphatic heterocycles. The third kappa shape index (κ3) is 2.70. The summed E-state index contributed by atoms with van der Waals surface area (Å²) in [4.78, 5) is 3.86. The van der Waals surface area contributed by atoms with Crippen LogP contribution in [0.25, 0.3) is 0 Å². The largest absolute Gasteiger partial charge is 0.419 e. The van der Waals surface area contributed by atoms with Crippen molar-refractivity contribution in [1.82, 2.24) is 10.3 Å². The van der Waals surface area contributed by atoms with E-state index in [0.717, 1.165) is 32.0 Å². The van der Waals surface area contributed by atoms with Crippen LogP contribution < -0.4 is 11.1 Å². The van der Waals surface area contributed by atoms with Gasteiger partial charge >= 0.3 is 6.18 Å². The maximum absolute atomic E-state index is 12.6. The molecule has 1 aromatic rings. The number of halogens is 4. The molecule has 18 heavy (non-hydrogen) atoms. The minimum atomic E-state index is -4.52. The van der Waals surface area contributed by atoms with E-state index < -0.39 is 16.9 Å². The second-order valence-corrected chi connectivity index (χ2v) is 4.68. The Labute approximate surface area is 108 Å². The second-order valence-electron chi connectivity index (χ2n) is 4.32. The summed E-state index contributed by atoms with van der Waals surface area (Å²) in [7, 11) is 0. The number of piperidine rings is 1. The maximum Gasteiger partial charge on any atom is 0.419 e. The van der Waals surface area contributed by atoms with Crippen molar-refractivity contribution in [2.24, 2.45) is 0 Å². The Morgan fingerprint density at radius 1 is 1.33 bits per heavy atom. The zero-order valence-corrected chi connectivity index (χ0v) is 10.3. The number of hydrogen-bond acceptors (Lipinski definition) is 3. The van der Waals surface area contributed by atoms with E-state index in [9.17, 15) is 13.2 Å². The molecule has 7 heteroatoms. The fourth-order valence-corrected chi connectivity index (χ4v) is 2.39. The monoisotopic (exact) mass is 279 g/mol. The van der Waals surface area contributed by atoms with Gasteiger partial charge in [0.05, 0.1) is 16.9 Å². The lowest BCUT2D eigenvalue weighted by atomic mass is 9.93. The molecule has 1 aromatic heterocycles. The molecule has 1 fully saturated rings. The number of aromatic nitrogens is 1. The predicted octanol–water partition coefficient (Wildman–Crippen LogP) is 2.80. The van der Waals surface area contributed by atoms with E-state index in [1.54, 1.807) is 0 Å². The lowest BCUT2D eigenvalue weighted by Gasteiger charge is -2.24. The molecule has 2 rings (SSSR count). The van der Waals surface area contributed by atoms with Crippen molar-refractivity contribution in [3.63, 3.8) is 0 Å². The first-order chi connectivity index (χ1) is 8.39. The van der Waals surface area contributed by atoms with Crippen LogP contribution in [0.3, 0.4) is 0 Å². The Bertz CT molecular complexity index is 442. The average Bonchev–Trinajstić information content (AvgIpc) is 2.31. The van der Waals surface area contributed by atoms with Crippen LogP contribution in [0.1, 0.15) is 30.0 Å². The van der Waals surface area contributed by atoms with E-state index in [2.05, 4.69) is 10.3 Å². The highest BCUT2D eigenvalue weighted by molar-refractivity contribution is 6.30. The molecule has 0 atom stereocenters. The first-order valence-corrected chi connectivity index (χ1v) is 6.01. The number of nitrogen functional groups attached to an aromatic ring is 1. The molecule has 0 aromatic carbocycles. The molecule has 0 spiro atoms. The molecule has 1 saturated heterocycles. The van der Waals surface area contributed by atoms with Gasteiger partial charge in [-0.15, -0.1) is 0 Å². The minimum absolute atomic E-state index is 0.0682. The van der Waals surface area contributed by atoms with Crippen molar-refractivity contribution in [2.75, 3.05) is 18.8 Å². The van der Waals surface area contributed by atoms with Gasteiger partial charge in [-0.05, 0) is 32.0 Å². The SMILES string of the molecule is Nc1cc(C(F)(F)F)c(Cl)nc1C1CCNCC1. The Balaban J connectivity index is 2.36. The summed E-state index contributed by atoms with van der Waals surface area (Å²) in [5.41, 5.74) is 5.25. The highest BCUT2D eigenvalue weighted by Gasteiger charge is 2.35. The third-order valence-corrected chi connectivity index (χ3v) is 3.36. The van der Waals surface area contributed by atoms with Gasteiger partial charge in [0.1, 0.15) is 5.15 Å². The number of nitrogens with one attached hydrogen (secondary N) is 1. The highest BCUT2D eigenvalue weighted by Crippen LogP contribution is 2.38. The standard InChI is InChI=1S/C11H13ClF3N3/c12-10-7(11(13,14)15)5-8(16)9(18-10)6-1-3-17-4-2-6/h5-6,17H,1-4,16H2. The number of nitrogens with two attached hydrogens (primary N) is 1. The topological polar surface area (TPSA) is 50.9 Å². The van der Waals surface area contributed by atoms with Gasteiger partial charge in [0.2, 0.25) is 0 Å². The number of nitrogens with zero attached hydrogens (tertiary/aromatic N) is 1. The Hall–Kier alpha value is -1.01. The van der Waals surface area contributed by atoms with Crippen molar-refractivity contribution >= 4 is 17.3 Å². The van der Waals surface area contributed by atoms with E-state index in [1.807, 2.05) is 0 Å². The second kappa shape index (κ2) is 4.93. The molecule has 2 heterocycles. The molecule has 0 bridgehead atoms. The molecular weight excluding hydrogens is 267 g/mol. The highest BCUT2D eigenvalue weighted by atomic mass is 35.5. The summed E-state index contributed by atoms with van der Waals surface area (Å²) in [5.74, 6) is 0.0750. The number of pyridine rings is 1. The van der Waals surface area contributed by atoms with Crippen LogP contribution >= 0.6 is 11.6 Å². The molecule has 0 saturated carbocycles. The predicted molar refractivity (Wildman–Crippen MR) is 63.5 cm³/mol. The summed E-state index contributed by atoms with van der Waals surface area (Å²) in [6.07, 6.45) is -2.91. The van der Waals surface area contributed by atoms with Gasteiger partial charge in [-0.1, -0.05) is 11.6 Å². The molecule has 0 amide bonds. The fraction of sp³-hybridized carbons (Fsp3) is 0.545. The van der Waals surface area contributed by atoms with Crippen molar-refractivity contribution in [2.45, 2.75) is 24.9 Å². The van der Waals surface area contributed by atoms with Crippen LogP contribution in [-0.4, -0.2) is 18.1 Å². The summed E-state index contributed by atoms with van der Waals surface area (Å²) in [6.45, 7) is 1.62. The lowest BCUT2D eigenvalue weighted by molar-refractivity contribution is -0.137. The Kier molecular flexibility index (Phi) is 3.68. The van der Waals surface area contributed by atoms with E-state index in [4.69, 9.17) is 17.3 Å². The summed E-state index contributed by atoms with van der Waals surface area (Å²) < 4.78 is 37.8. The molecule has 100 valence electrons. The van der Waals surface area contributed by atoms with Gasteiger partial charge in [0.25, 0.3) is 0 Å². The van der Waals surface area contributed by atoms with Crippen LogP contribution in [0, 0.1) is 0 Å². The molecule has 3 N–H and O–H groups in total. The van der Waals surface area contributed by atoms with Crippen LogP contribution in [-0.2, 0) is 6.18 Å². The molecule has 1 aliphatic rings. The summed E-state index contributed by atoms with van der Waals surface area (Å²) in [5, 5.41) is 2.65. The van der Waals surface area contributed by atoms with Gasteiger partial charge in [0, 0.05) is 5.92 Å². The number of rotatable bonds is 1. The van der Waals surface area contributed by atoms with Gasteiger partial charge in [-0.25, -0.2) is 4.98 Å². The van der Waals surface area contributed by atoms with Crippen molar-refractivity contribution < 1.29 is 13.2 Å². The smallest absolute Gasteiger partial charge is 0.397 e. The molecule has 0 aliphatic carbocycles. The van der Waals surface area contributed by atoms with E-state index >= 15 is 0 Å². The van der Waals surface area contributed by atoms with Gasteiger partial charge in [-0.3, -0.25) is 0 Å². The van der Waals surface area contributed by atoms with Gasteiger partial charge in [-0.2, -0.15) is 13.2 Å². The van der Waals surface area contributed by atoms with Crippen molar-refractivity contribution in [1.29, 1.82) is 0 Å². The lowest BCUT2D eigenvalue weighted by Crippen LogP contribution is -2.27. The third-order valence-electron chi connectivity index (χ3n) is 3.07. The normalized spacial score (nSPS) is 18.0. The fourth-order valence-electron chi connectivity index (χ4n) is 2.14. The molecule has 3 nitrogen and oxygen atoms in total. The Morgan fingerprint density at radius 2 is 1.94 bits per heavy atom. The first-order valence-electron chi connectivity index (χ1n) is 5.63. The van der Waals surface area contributed by atoms with E-state index in [1.165, 1.54) is 0 Å². The van der Waals surface area contributed by atoms with Gasteiger partial charge in [0.15, 0.2) is 0 Å². The van der Waals surface area contributed by atoms with Crippen molar-refractivity contribution in [3.05, 3.63) is 22.5 Å². The zero-order chi connectivity index (χ0) is 13.3. The summed E-state index contributed by atoms with van der Waals surface area (Å²) >= 11 is 5.60. The van der Waals surface area contributed by atoms with Crippen molar-refractivity contribution in [3.8, 4) is 0 Å². The molecule has 0 unspecified atom stereocenters. The quantitative estimate of drug-likeness (QED) is 0.777. The van der Waals surface area contributed by atoms with E-state index in [-0.39, 0.29) is 11.6 Å². The number of alkyl halides is 3. The minimum Gasteiger partial charge on any atom is -0.397 e. The van der Waals surface area contributed by atoms with Gasteiger partial charge < -0.3 is 11.1 Å². The van der Waals surface area contributed by atoms with Crippen LogP contribution in [0.15, 0.2) is 6.07 Å². The average molecular weight is 280 g/mol. The maximum atomic E-state index is 12.6. The van der Waals surface area contributed by atoms with E-state index in [0.29, 0.717) is 5.69 Å².